The maximum Gasteiger partial charge on any atom is 0.348 e. The monoisotopic (exact) mass is 209 g/mol. The molecule has 0 aliphatic heterocycles. The summed E-state index contributed by atoms with van der Waals surface area (Å²) in [5, 5.41) is 8.43. The van der Waals surface area contributed by atoms with Gasteiger partial charge in [0.2, 0.25) is 0 Å². The van der Waals surface area contributed by atoms with Crippen LogP contribution >= 0.6 is 11.3 Å². The summed E-state index contributed by atoms with van der Waals surface area (Å²) in [6, 6.07) is 0. The Morgan fingerprint density at radius 1 is 1.69 bits per heavy atom. The zero-order valence-corrected chi connectivity index (χ0v) is 7.27. The molecule has 1 aromatic rings. The van der Waals surface area contributed by atoms with Gasteiger partial charge in [0.05, 0.1) is 7.11 Å². The average Bonchev–Trinajstić information content (AvgIpc) is 2.47. The fourth-order valence-electron chi connectivity index (χ4n) is 0.700. The van der Waals surface area contributed by atoms with Crippen LogP contribution in [0.1, 0.15) is 21.8 Å². The van der Waals surface area contributed by atoms with Gasteiger partial charge in [-0.25, -0.2) is 18.6 Å². The van der Waals surface area contributed by atoms with Crippen LogP contribution in [-0.2, 0) is 0 Å². The number of methoxy groups -OCH3 is 1. The summed E-state index contributed by atoms with van der Waals surface area (Å²) in [7, 11) is 1.24. The van der Waals surface area contributed by atoms with Crippen LogP contribution in [0.5, 0.6) is 5.19 Å². The molecule has 7 heteroatoms. The van der Waals surface area contributed by atoms with Gasteiger partial charge < -0.3 is 9.84 Å². The minimum atomic E-state index is -2.90. The molecule has 0 bridgehead atoms. The van der Waals surface area contributed by atoms with Gasteiger partial charge in [-0.15, -0.1) is 0 Å². The van der Waals surface area contributed by atoms with Crippen molar-refractivity contribution in [3.63, 3.8) is 0 Å². The Labute approximate surface area is 75.8 Å². The number of alkyl halides is 2. The largest absolute Gasteiger partial charge is 0.477 e. The Kier molecular flexibility index (Phi) is 2.76. The molecule has 0 unspecified atom stereocenters. The molecule has 0 atom stereocenters. The summed E-state index contributed by atoms with van der Waals surface area (Å²) >= 11 is 0.583. The number of hydrogen-bond acceptors (Lipinski definition) is 4. The van der Waals surface area contributed by atoms with Crippen LogP contribution in [0.4, 0.5) is 8.78 Å². The van der Waals surface area contributed by atoms with Crippen molar-refractivity contribution in [2.24, 2.45) is 0 Å². The van der Waals surface area contributed by atoms with Crippen molar-refractivity contribution >= 4 is 17.3 Å². The second-order valence-electron chi connectivity index (χ2n) is 2.00. The van der Waals surface area contributed by atoms with Crippen LogP contribution in [0, 0.1) is 0 Å². The SMILES string of the molecule is COc1nc(C(F)F)c(C(=O)O)s1. The Morgan fingerprint density at radius 3 is 2.62 bits per heavy atom. The number of rotatable bonds is 3. The summed E-state index contributed by atoms with van der Waals surface area (Å²) in [6.07, 6.45) is -2.90. The Bertz CT molecular complexity index is 326. The third-order valence-corrected chi connectivity index (χ3v) is 2.23. The standard InChI is InChI=1S/C6H5F2NO3S/c1-12-6-9-2(4(7)8)3(13-6)5(10)11/h4H,1H3,(H,10,11). The lowest BCUT2D eigenvalue weighted by Gasteiger charge is -1.93. The maximum atomic E-state index is 12.2. The maximum absolute atomic E-state index is 12.2. The molecule has 0 amide bonds. The van der Waals surface area contributed by atoms with E-state index in [4.69, 9.17) is 5.11 Å². The zero-order chi connectivity index (χ0) is 10.0. The molecule has 1 N–H and O–H groups in total. The molecule has 1 rings (SSSR count). The van der Waals surface area contributed by atoms with Crippen LogP contribution in [0.25, 0.3) is 0 Å². The highest BCUT2D eigenvalue weighted by Gasteiger charge is 2.24. The fraction of sp³-hybridized carbons (Fsp3) is 0.333. The number of carboxylic acid groups (broad SMARTS) is 1. The lowest BCUT2D eigenvalue weighted by Crippen LogP contribution is -1.98. The fourth-order valence-corrected chi connectivity index (χ4v) is 1.43. The second kappa shape index (κ2) is 3.65. The number of carbonyl (C=O) groups is 1. The summed E-state index contributed by atoms with van der Waals surface area (Å²) in [4.78, 5) is 13.3. The van der Waals surface area contributed by atoms with Gasteiger partial charge in [-0.3, -0.25) is 0 Å². The molecule has 0 aromatic carbocycles. The zero-order valence-electron chi connectivity index (χ0n) is 6.45. The highest BCUT2D eigenvalue weighted by Crippen LogP contribution is 2.31. The first kappa shape index (κ1) is 9.85. The van der Waals surface area contributed by atoms with Gasteiger partial charge in [0.15, 0.2) is 0 Å². The predicted molar refractivity (Wildman–Crippen MR) is 40.6 cm³/mol. The van der Waals surface area contributed by atoms with E-state index < -0.39 is 23.0 Å². The summed E-state index contributed by atoms with van der Waals surface area (Å²) in [5.74, 6) is -1.42. The van der Waals surface area contributed by atoms with E-state index >= 15 is 0 Å². The van der Waals surface area contributed by atoms with Gasteiger partial charge in [0.1, 0.15) is 10.6 Å². The van der Waals surface area contributed by atoms with Crippen LogP contribution in [0.2, 0.25) is 0 Å². The molecule has 0 fully saturated rings. The van der Waals surface area contributed by atoms with E-state index in [1.54, 1.807) is 0 Å². The number of nitrogens with zero attached hydrogens (tertiary/aromatic N) is 1. The average molecular weight is 209 g/mol. The Hall–Kier alpha value is -1.24. The number of halogens is 2. The van der Waals surface area contributed by atoms with Crippen molar-refractivity contribution in [1.82, 2.24) is 4.98 Å². The Balaban J connectivity index is 3.15. The number of carboxylic acids is 1. The number of ether oxygens (including phenoxy) is 1. The Morgan fingerprint density at radius 2 is 2.31 bits per heavy atom. The minimum absolute atomic E-state index is 0.0762. The third kappa shape index (κ3) is 1.92. The third-order valence-electron chi connectivity index (χ3n) is 1.21. The smallest absolute Gasteiger partial charge is 0.348 e. The molecular formula is C6H5F2NO3S. The molecule has 4 nitrogen and oxygen atoms in total. The number of aromatic carboxylic acids is 1. The molecule has 0 radical (unpaired) electrons. The van der Waals surface area contributed by atoms with Crippen molar-refractivity contribution in [3.05, 3.63) is 10.6 Å². The topological polar surface area (TPSA) is 59.4 Å². The van der Waals surface area contributed by atoms with E-state index in [2.05, 4.69) is 9.72 Å². The van der Waals surface area contributed by atoms with Crippen LogP contribution in [-0.4, -0.2) is 23.2 Å². The van der Waals surface area contributed by atoms with E-state index in [0.717, 1.165) is 0 Å². The van der Waals surface area contributed by atoms with Gasteiger partial charge in [0.25, 0.3) is 11.6 Å². The first-order valence-electron chi connectivity index (χ1n) is 3.12. The van der Waals surface area contributed by atoms with Gasteiger partial charge in [-0.05, 0) is 0 Å². The molecule has 0 saturated heterocycles. The molecule has 1 heterocycles. The number of hydrogen-bond donors (Lipinski definition) is 1. The number of aromatic nitrogens is 1. The van der Waals surface area contributed by atoms with E-state index in [1.165, 1.54) is 7.11 Å². The molecule has 72 valence electrons. The van der Waals surface area contributed by atoms with Crippen molar-refractivity contribution in [2.45, 2.75) is 6.43 Å². The summed E-state index contributed by atoms with van der Waals surface area (Å²) in [5.41, 5.74) is -0.741. The molecule has 0 aliphatic rings. The van der Waals surface area contributed by atoms with E-state index in [0.29, 0.717) is 11.3 Å². The minimum Gasteiger partial charge on any atom is -0.477 e. The van der Waals surface area contributed by atoms with Crippen molar-refractivity contribution in [3.8, 4) is 5.19 Å². The highest BCUT2D eigenvalue weighted by molar-refractivity contribution is 7.15. The lowest BCUT2D eigenvalue weighted by atomic mass is 10.4. The van der Waals surface area contributed by atoms with E-state index in [1.807, 2.05) is 0 Å². The van der Waals surface area contributed by atoms with Crippen LogP contribution < -0.4 is 4.74 Å². The first-order valence-corrected chi connectivity index (χ1v) is 3.94. The quantitative estimate of drug-likeness (QED) is 0.824. The summed E-state index contributed by atoms with van der Waals surface area (Å²) in [6.45, 7) is 0. The molecule has 0 spiro atoms. The molecule has 13 heavy (non-hydrogen) atoms. The first-order chi connectivity index (χ1) is 6.06. The van der Waals surface area contributed by atoms with Crippen LogP contribution in [0.15, 0.2) is 0 Å². The number of thiazole rings is 1. The van der Waals surface area contributed by atoms with Gasteiger partial charge in [-0.1, -0.05) is 11.3 Å². The van der Waals surface area contributed by atoms with Crippen molar-refractivity contribution < 1.29 is 23.4 Å². The highest BCUT2D eigenvalue weighted by atomic mass is 32.1. The molecule has 0 saturated carbocycles. The van der Waals surface area contributed by atoms with E-state index in [-0.39, 0.29) is 5.19 Å². The van der Waals surface area contributed by atoms with Gasteiger partial charge in [-0.2, -0.15) is 0 Å². The van der Waals surface area contributed by atoms with Crippen molar-refractivity contribution in [1.29, 1.82) is 0 Å². The predicted octanol–water partition coefficient (Wildman–Crippen LogP) is 1.79. The summed E-state index contributed by atoms with van der Waals surface area (Å²) < 4.78 is 28.9. The molecule has 0 aliphatic carbocycles. The molecular weight excluding hydrogens is 204 g/mol. The second-order valence-corrected chi connectivity index (χ2v) is 2.97. The van der Waals surface area contributed by atoms with Gasteiger partial charge >= 0.3 is 5.97 Å². The van der Waals surface area contributed by atoms with E-state index in [9.17, 15) is 13.6 Å². The van der Waals surface area contributed by atoms with Gasteiger partial charge in [0, 0.05) is 0 Å². The lowest BCUT2D eigenvalue weighted by molar-refractivity contribution is 0.0689. The van der Waals surface area contributed by atoms with Crippen LogP contribution in [0.3, 0.4) is 0 Å². The normalized spacial score (nSPS) is 10.5. The van der Waals surface area contributed by atoms with Crippen molar-refractivity contribution in [2.75, 3.05) is 7.11 Å². The molecule has 1 aromatic heterocycles.